The van der Waals surface area contributed by atoms with Gasteiger partial charge in [0.25, 0.3) is 0 Å². The molecule has 0 aliphatic heterocycles. The number of imidazole rings is 1. The molecule has 0 saturated heterocycles. The van der Waals surface area contributed by atoms with E-state index < -0.39 is 11.7 Å². The Kier molecular flexibility index (Phi) is 7.74. The van der Waals surface area contributed by atoms with Gasteiger partial charge >= 0.3 is 6.18 Å². The summed E-state index contributed by atoms with van der Waals surface area (Å²) in [5, 5.41) is 6.55. The standard InChI is InChI=1S/C28H30F3N5/c1-19(20-9-5-4-6-10-20)34-24-18-22(14-16-33-24)27-26(35-25(36(27)3)13-8-15-32-2)21-11-7-12-23(17-21)28(29,30)31/h4-7,9-12,14,16-19,32H,8,13,15H2,1-3H3,(H,33,34)/t19-/m0/s1. The van der Waals surface area contributed by atoms with Gasteiger partial charge in [0.2, 0.25) is 0 Å². The lowest BCUT2D eigenvalue weighted by atomic mass is 10.0. The van der Waals surface area contributed by atoms with Crippen molar-refractivity contribution in [3.63, 3.8) is 0 Å². The van der Waals surface area contributed by atoms with E-state index in [0.29, 0.717) is 23.5 Å². The first-order valence-electron chi connectivity index (χ1n) is 11.9. The molecule has 2 N–H and O–H groups in total. The number of benzene rings is 2. The molecule has 2 aromatic carbocycles. The maximum absolute atomic E-state index is 13.5. The van der Waals surface area contributed by atoms with Gasteiger partial charge in [0.1, 0.15) is 11.6 Å². The van der Waals surface area contributed by atoms with Crippen LogP contribution in [0.3, 0.4) is 0 Å². The van der Waals surface area contributed by atoms with Crippen molar-refractivity contribution in [2.45, 2.75) is 32.0 Å². The van der Waals surface area contributed by atoms with Crippen molar-refractivity contribution in [2.75, 3.05) is 18.9 Å². The molecule has 0 radical (unpaired) electrons. The van der Waals surface area contributed by atoms with Crippen molar-refractivity contribution in [1.29, 1.82) is 0 Å². The molecule has 0 saturated carbocycles. The monoisotopic (exact) mass is 493 g/mol. The lowest BCUT2D eigenvalue weighted by Crippen LogP contribution is -2.10. The minimum absolute atomic E-state index is 0.0283. The number of pyridine rings is 1. The largest absolute Gasteiger partial charge is 0.416 e. The van der Waals surface area contributed by atoms with E-state index in [1.165, 1.54) is 12.1 Å². The van der Waals surface area contributed by atoms with Crippen molar-refractivity contribution >= 4 is 5.82 Å². The van der Waals surface area contributed by atoms with E-state index in [9.17, 15) is 13.2 Å². The van der Waals surface area contributed by atoms with Crippen LogP contribution in [0, 0.1) is 0 Å². The number of nitrogens with one attached hydrogen (secondary N) is 2. The fourth-order valence-corrected chi connectivity index (χ4v) is 4.27. The Morgan fingerprint density at radius 2 is 1.75 bits per heavy atom. The van der Waals surface area contributed by atoms with Gasteiger partial charge in [0, 0.05) is 36.8 Å². The molecule has 0 spiro atoms. The van der Waals surface area contributed by atoms with Crippen LogP contribution < -0.4 is 10.6 Å². The van der Waals surface area contributed by atoms with Gasteiger partial charge < -0.3 is 15.2 Å². The molecule has 4 rings (SSSR count). The van der Waals surface area contributed by atoms with E-state index in [4.69, 9.17) is 4.98 Å². The van der Waals surface area contributed by atoms with E-state index >= 15 is 0 Å². The minimum atomic E-state index is -4.43. The van der Waals surface area contributed by atoms with Gasteiger partial charge in [-0.15, -0.1) is 0 Å². The van der Waals surface area contributed by atoms with E-state index in [-0.39, 0.29) is 6.04 Å². The molecule has 0 unspecified atom stereocenters. The summed E-state index contributed by atoms with van der Waals surface area (Å²) in [6.45, 7) is 2.88. The van der Waals surface area contributed by atoms with E-state index in [1.54, 1.807) is 12.3 Å². The second kappa shape index (κ2) is 11.0. The number of nitrogens with zero attached hydrogens (tertiary/aromatic N) is 3. The third-order valence-corrected chi connectivity index (χ3v) is 6.18. The number of anilines is 1. The van der Waals surface area contributed by atoms with Gasteiger partial charge in [0.05, 0.1) is 17.0 Å². The zero-order valence-electron chi connectivity index (χ0n) is 20.6. The van der Waals surface area contributed by atoms with Gasteiger partial charge in [-0.1, -0.05) is 42.5 Å². The third kappa shape index (κ3) is 5.76. The van der Waals surface area contributed by atoms with Gasteiger partial charge in [-0.25, -0.2) is 9.97 Å². The summed E-state index contributed by atoms with van der Waals surface area (Å²) in [6.07, 6.45) is -1.16. The second-order valence-corrected chi connectivity index (χ2v) is 8.78. The Balaban J connectivity index is 1.75. The minimum Gasteiger partial charge on any atom is -0.364 e. The van der Waals surface area contributed by atoms with Crippen LogP contribution in [0.5, 0.6) is 0 Å². The Bertz CT molecular complexity index is 1300. The Morgan fingerprint density at radius 3 is 2.47 bits per heavy atom. The first-order chi connectivity index (χ1) is 17.3. The quantitative estimate of drug-likeness (QED) is 0.262. The van der Waals surface area contributed by atoms with Crippen LogP contribution in [0.25, 0.3) is 22.5 Å². The van der Waals surface area contributed by atoms with Gasteiger partial charge in [-0.05, 0) is 56.8 Å². The Labute approximate surface area is 209 Å². The van der Waals surface area contributed by atoms with Crippen LogP contribution in [0.15, 0.2) is 72.9 Å². The fraction of sp³-hybridized carbons (Fsp3) is 0.286. The van der Waals surface area contributed by atoms with Crippen LogP contribution in [0.4, 0.5) is 19.0 Å². The Hall–Kier alpha value is -3.65. The second-order valence-electron chi connectivity index (χ2n) is 8.78. The van der Waals surface area contributed by atoms with Crippen LogP contribution in [-0.2, 0) is 19.6 Å². The molecule has 0 aliphatic carbocycles. The summed E-state index contributed by atoms with van der Waals surface area (Å²) in [5.74, 6) is 1.49. The molecule has 36 heavy (non-hydrogen) atoms. The summed E-state index contributed by atoms with van der Waals surface area (Å²) in [4.78, 5) is 9.30. The summed E-state index contributed by atoms with van der Waals surface area (Å²) in [7, 11) is 3.80. The number of alkyl halides is 3. The molecular weight excluding hydrogens is 463 g/mol. The molecule has 0 fully saturated rings. The van der Waals surface area contributed by atoms with Crippen molar-refractivity contribution in [3.05, 3.63) is 89.9 Å². The molecule has 8 heteroatoms. The first kappa shape index (κ1) is 25.4. The molecule has 0 amide bonds. The predicted molar refractivity (Wildman–Crippen MR) is 138 cm³/mol. The van der Waals surface area contributed by atoms with Crippen molar-refractivity contribution in [1.82, 2.24) is 19.9 Å². The topological polar surface area (TPSA) is 54.8 Å². The van der Waals surface area contributed by atoms with Crippen LogP contribution in [-0.4, -0.2) is 28.1 Å². The van der Waals surface area contributed by atoms with Gasteiger partial charge in [-0.2, -0.15) is 13.2 Å². The molecule has 2 aromatic heterocycles. The number of aryl methyl sites for hydroxylation is 1. The highest BCUT2D eigenvalue weighted by molar-refractivity contribution is 5.80. The van der Waals surface area contributed by atoms with E-state index in [1.807, 2.05) is 61.1 Å². The number of rotatable bonds is 9. The average Bonchev–Trinajstić information content (AvgIpc) is 3.20. The van der Waals surface area contributed by atoms with Crippen LogP contribution >= 0.6 is 0 Å². The summed E-state index contributed by atoms with van der Waals surface area (Å²) in [6, 6.07) is 19.2. The molecule has 4 aromatic rings. The highest BCUT2D eigenvalue weighted by atomic mass is 19.4. The molecule has 0 aliphatic rings. The predicted octanol–water partition coefficient (Wildman–Crippen LogP) is 6.49. The SMILES string of the molecule is CNCCCc1nc(-c2cccc(C(F)(F)F)c2)c(-c2ccnc(N[C@@H](C)c3ccccc3)c2)n1C. The van der Waals surface area contributed by atoms with E-state index in [0.717, 1.165) is 41.7 Å². The first-order valence-corrected chi connectivity index (χ1v) is 11.9. The molecule has 1 atom stereocenters. The molecule has 188 valence electrons. The van der Waals surface area contributed by atoms with Crippen molar-refractivity contribution < 1.29 is 13.2 Å². The lowest BCUT2D eigenvalue weighted by molar-refractivity contribution is -0.137. The maximum Gasteiger partial charge on any atom is 0.416 e. The zero-order chi connectivity index (χ0) is 25.7. The van der Waals surface area contributed by atoms with Crippen molar-refractivity contribution in [2.24, 2.45) is 7.05 Å². The highest BCUT2D eigenvalue weighted by Crippen LogP contribution is 2.37. The zero-order valence-corrected chi connectivity index (χ0v) is 20.6. The molecular formula is C28H30F3N5. The summed E-state index contributed by atoms with van der Waals surface area (Å²) in [5.41, 5.74) is 2.97. The average molecular weight is 494 g/mol. The summed E-state index contributed by atoms with van der Waals surface area (Å²) < 4.78 is 42.4. The number of halogens is 3. The van der Waals surface area contributed by atoms with Gasteiger partial charge in [0.15, 0.2) is 0 Å². The third-order valence-electron chi connectivity index (χ3n) is 6.18. The number of hydrogen-bond donors (Lipinski definition) is 2. The maximum atomic E-state index is 13.5. The molecule has 0 bridgehead atoms. The molecule has 2 heterocycles. The van der Waals surface area contributed by atoms with Crippen LogP contribution in [0.2, 0.25) is 0 Å². The number of aromatic nitrogens is 3. The normalized spacial score (nSPS) is 12.5. The Morgan fingerprint density at radius 1 is 0.972 bits per heavy atom. The van der Waals surface area contributed by atoms with Crippen LogP contribution in [0.1, 0.15) is 36.3 Å². The lowest BCUT2D eigenvalue weighted by Gasteiger charge is -2.16. The fourth-order valence-electron chi connectivity index (χ4n) is 4.27. The highest BCUT2D eigenvalue weighted by Gasteiger charge is 2.31. The van der Waals surface area contributed by atoms with E-state index in [2.05, 4.69) is 22.5 Å². The summed E-state index contributed by atoms with van der Waals surface area (Å²) >= 11 is 0. The smallest absolute Gasteiger partial charge is 0.364 e. The van der Waals surface area contributed by atoms with Crippen molar-refractivity contribution in [3.8, 4) is 22.5 Å². The number of hydrogen-bond acceptors (Lipinski definition) is 4. The molecule has 5 nitrogen and oxygen atoms in total. The van der Waals surface area contributed by atoms with Gasteiger partial charge in [-0.3, -0.25) is 0 Å².